The molecule has 1 amide bonds. The highest BCUT2D eigenvalue weighted by molar-refractivity contribution is 7.85. The van der Waals surface area contributed by atoms with E-state index in [1.807, 2.05) is 60.5 Å². The van der Waals surface area contributed by atoms with E-state index in [1.54, 1.807) is 18.2 Å². The number of alkyl halides is 3. The fraction of sp³-hybridized carbons (Fsp3) is 0.581. The lowest BCUT2D eigenvalue weighted by Crippen LogP contribution is -2.37. The van der Waals surface area contributed by atoms with E-state index in [-0.39, 0.29) is 63.1 Å². The van der Waals surface area contributed by atoms with Crippen LogP contribution in [0.4, 0.5) is 24.5 Å². The summed E-state index contributed by atoms with van der Waals surface area (Å²) in [5.74, 6) is -2.91. The van der Waals surface area contributed by atoms with Crippen molar-refractivity contribution in [3.05, 3.63) is 77.5 Å². The Morgan fingerprint density at radius 3 is 2.17 bits per heavy atom. The molecule has 2 heterocycles. The Morgan fingerprint density at radius 2 is 1.52 bits per heavy atom. The summed E-state index contributed by atoms with van der Waals surface area (Å²) in [4.78, 5) is 13.2. The van der Waals surface area contributed by atoms with Crippen LogP contribution < -0.4 is 15.5 Å². The summed E-state index contributed by atoms with van der Waals surface area (Å²) in [7, 11) is -12.6. The molecule has 1 unspecified atom stereocenters. The molecule has 0 saturated heterocycles. The largest absolute Gasteiger partial charge is 0.748 e. The zero-order valence-electron chi connectivity index (χ0n) is 36.4. The predicted octanol–water partition coefficient (Wildman–Crippen LogP) is 7.16. The van der Waals surface area contributed by atoms with Gasteiger partial charge in [0.15, 0.2) is 5.71 Å². The van der Waals surface area contributed by atoms with Crippen molar-refractivity contribution in [2.24, 2.45) is 0 Å². The summed E-state index contributed by atoms with van der Waals surface area (Å²) in [5, 5.41) is 11.2. The van der Waals surface area contributed by atoms with Gasteiger partial charge in [0.05, 0.1) is 39.8 Å². The van der Waals surface area contributed by atoms with Crippen LogP contribution in [0.5, 0.6) is 0 Å². The number of benzene rings is 2. The highest BCUT2D eigenvalue weighted by Crippen LogP contribution is 2.52. The molecule has 352 valence electrons. The Balaban J connectivity index is 1.68. The van der Waals surface area contributed by atoms with Gasteiger partial charge in [-0.1, -0.05) is 51.0 Å². The second kappa shape index (κ2) is 22.2. The van der Waals surface area contributed by atoms with Crippen LogP contribution in [-0.2, 0) is 49.5 Å². The number of allylic oxidation sites excluding steroid dienone is 4. The number of hydrogen-bond acceptors (Lipinski definition) is 11. The lowest BCUT2D eigenvalue weighted by Gasteiger charge is -2.27. The molecule has 2 aliphatic heterocycles. The molecule has 2 aromatic carbocycles. The molecular weight excluding hydrogens is 887 g/mol. The average Bonchev–Trinajstić information content (AvgIpc) is 3.54. The fourth-order valence-corrected chi connectivity index (χ4v) is 10.7. The second-order valence-corrected chi connectivity index (χ2v) is 21.9. The topological polar surface area (TPSA) is 203 Å². The van der Waals surface area contributed by atoms with E-state index >= 15 is 0 Å². The van der Waals surface area contributed by atoms with Crippen LogP contribution in [0.25, 0.3) is 0 Å². The lowest BCUT2D eigenvalue weighted by atomic mass is 9.81. The van der Waals surface area contributed by atoms with Gasteiger partial charge in [-0.15, -0.1) is 0 Å². The van der Waals surface area contributed by atoms with Crippen molar-refractivity contribution in [2.45, 2.75) is 109 Å². The number of amides is 1. The molecule has 20 heteroatoms. The Kier molecular flexibility index (Phi) is 18.4. The molecule has 0 saturated carbocycles. The number of anilines is 1. The number of rotatable bonds is 26. The van der Waals surface area contributed by atoms with E-state index in [4.69, 9.17) is 14.2 Å². The number of nitrogens with zero attached hydrogens (tertiary/aromatic N) is 2. The number of carbonyl (C=O) groups excluding carboxylic acids is 1. The Morgan fingerprint density at radius 1 is 0.873 bits per heavy atom. The van der Waals surface area contributed by atoms with E-state index in [0.29, 0.717) is 45.2 Å². The zero-order valence-corrected chi connectivity index (χ0v) is 38.9. The standard InChI is InChI=1S/C43H61F3N3O11PS2/c1-41(2)34-18-7-8-19-36(34)48(25-10-15-30-62(53,54)55)38(41)20-17-21-39-42(3,4)35-32-33(22-23-37(35)49(39)26-11-16-31-63(56,57)58)61(52,59-28-13-6-5-12-27-50)60-29-14-9-24-47-40(51)43(44,45)46/h7-8,17-23,32,50H,5-6,9-16,24-31H2,1-4H3,(H2-,47,51,53,54,55,56,57,58). The Bertz CT molecular complexity index is 2280. The molecule has 0 bridgehead atoms. The summed E-state index contributed by atoms with van der Waals surface area (Å²) in [6, 6.07) is 13.1. The maximum absolute atomic E-state index is 14.6. The van der Waals surface area contributed by atoms with Crippen molar-refractivity contribution in [3.8, 4) is 0 Å². The number of aliphatic hydroxyl groups excluding tert-OH is 1. The van der Waals surface area contributed by atoms with Gasteiger partial charge in [-0.2, -0.15) is 26.2 Å². The normalized spacial score (nSPS) is 17.7. The first kappa shape index (κ1) is 52.2. The minimum absolute atomic E-state index is 0.0455. The summed E-state index contributed by atoms with van der Waals surface area (Å²) in [6.45, 7) is 8.77. The number of nitrogens with one attached hydrogen (secondary N) is 1. The predicted molar refractivity (Wildman–Crippen MR) is 236 cm³/mol. The molecule has 1 atom stereocenters. The third kappa shape index (κ3) is 14.5. The van der Waals surface area contributed by atoms with Gasteiger partial charge in [0.1, 0.15) is 6.54 Å². The first-order chi connectivity index (χ1) is 29.4. The monoisotopic (exact) mass is 947 g/mol. The first-order valence-electron chi connectivity index (χ1n) is 21.2. The molecule has 0 radical (unpaired) electrons. The van der Waals surface area contributed by atoms with Gasteiger partial charge in [-0.3, -0.25) is 13.9 Å². The lowest BCUT2D eigenvalue weighted by molar-refractivity contribution is -0.438. The highest BCUT2D eigenvalue weighted by Gasteiger charge is 2.45. The number of hydrogen-bond donors (Lipinski definition) is 3. The fourth-order valence-electron chi connectivity index (χ4n) is 7.94. The molecule has 14 nitrogen and oxygen atoms in total. The zero-order chi connectivity index (χ0) is 46.7. The van der Waals surface area contributed by atoms with Gasteiger partial charge in [0.2, 0.25) is 5.69 Å². The number of fused-ring (bicyclic) bond motifs is 2. The van der Waals surface area contributed by atoms with Crippen molar-refractivity contribution >= 4 is 56.1 Å². The van der Waals surface area contributed by atoms with Crippen LogP contribution in [0, 0.1) is 0 Å². The van der Waals surface area contributed by atoms with Crippen molar-refractivity contribution in [2.75, 3.05) is 55.9 Å². The van der Waals surface area contributed by atoms with Crippen LogP contribution in [0.1, 0.15) is 103 Å². The van der Waals surface area contributed by atoms with E-state index in [1.165, 1.54) is 0 Å². The van der Waals surface area contributed by atoms with Gasteiger partial charge < -0.3 is 28.9 Å². The van der Waals surface area contributed by atoms with Gasteiger partial charge >= 0.3 is 19.7 Å². The third-order valence-electron chi connectivity index (χ3n) is 11.2. The second-order valence-electron chi connectivity index (χ2n) is 16.8. The Labute approximate surface area is 369 Å². The van der Waals surface area contributed by atoms with Crippen molar-refractivity contribution < 1.29 is 67.2 Å². The van der Waals surface area contributed by atoms with Crippen LogP contribution in [0.15, 0.2) is 66.4 Å². The summed E-state index contributed by atoms with van der Waals surface area (Å²) < 4.78 is 133. The van der Waals surface area contributed by atoms with Gasteiger partial charge in [0.25, 0.3) is 10.1 Å². The van der Waals surface area contributed by atoms with Crippen LogP contribution in [-0.4, -0.2) is 104 Å². The molecule has 2 aromatic rings. The van der Waals surface area contributed by atoms with E-state index in [0.717, 1.165) is 40.3 Å². The number of unbranched alkanes of at least 4 members (excludes halogenated alkanes) is 6. The SMILES string of the molecule is CC1(C)C(/C=C/C=C2\N(CCCCS(=O)(=O)[O-])c3ccc(P(=O)(OCCCCCCO)OCCCCNC(=O)C(F)(F)F)cc3C2(C)C)=[N+](CCCCS(=O)(=O)O)c2ccccc21. The van der Waals surface area contributed by atoms with E-state index in [9.17, 15) is 48.5 Å². The summed E-state index contributed by atoms with van der Waals surface area (Å²) >= 11 is 0. The highest BCUT2D eigenvalue weighted by atomic mass is 32.2. The first-order valence-corrected chi connectivity index (χ1v) is 25.9. The van der Waals surface area contributed by atoms with Gasteiger partial charge in [-0.25, -0.2) is 8.42 Å². The third-order valence-corrected chi connectivity index (χ3v) is 14.8. The van der Waals surface area contributed by atoms with Crippen molar-refractivity contribution in [3.63, 3.8) is 0 Å². The van der Waals surface area contributed by atoms with Crippen LogP contribution >= 0.6 is 7.60 Å². The average molecular weight is 948 g/mol. The van der Waals surface area contributed by atoms with Crippen LogP contribution in [0.2, 0.25) is 0 Å². The minimum atomic E-state index is -5.01. The molecular formula is C43H61F3N3O11PS2. The number of carbonyl (C=O) groups is 1. The van der Waals surface area contributed by atoms with Crippen LogP contribution in [0.3, 0.4) is 0 Å². The van der Waals surface area contributed by atoms with Crippen molar-refractivity contribution in [1.82, 2.24) is 5.32 Å². The van der Waals surface area contributed by atoms with Gasteiger partial charge in [-0.05, 0) is 88.6 Å². The summed E-state index contributed by atoms with van der Waals surface area (Å²) in [5.41, 5.74) is 4.23. The van der Waals surface area contributed by atoms with E-state index < -0.39 is 56.5 Å². The minimum Gasteiger partial charge on any atom is -0.748 e. The molecule has 0 spiro atoms. The molecule has 2 aliphatic rings. The van der Waals surface area contributed by atoms with E-state index in [2.05, 4.69) is 24.5 Å². The smallest absolute Gasteiger partial charge is 0.471 e. The number of para-hydroxylation sites is 1. The molecule has 3 N–H and O–H groups in total. The maximum atomic E-state index is 14.6. The number of aliphatic hydroxyl groups is 1. The summed E-state index contributed by atoms with van der Waals surface area (Å²) in [6.07, 6.45) is 5.03. The van der Waals surface area contributed by atoms with Gasteiger partial charge in [0, 0.05) is 66.4 Å². The van der Waals surface area contributed by atoms with Crippen molar-refractivity contribution in [1.29, 1.82) is 0 Å². The number of halogens is 3. The quantitative estimate of drug-likeness (QED) is 0.0373. The Hall–Kier alpha value is -3.42. The molecule has 4 rings (SSSR count). The molecule has 63 heavy (non-hydrogen) atoms. The molecule has 0 aromatic heterocycles. The maximum Gasteiger partial charge on any atom is 0.471 e. The molecule has 0 aliphatic carbocycles. The molecule has 0 fully saturated rings.